The summed E-state index contributed by atoms with van der Waals surface area (Å²) in [5, 5.41) is 14.1. The summed E-state index contributed by atoms with van der Waals surface area (Å²) in [6.45, 7) is 19.5. The van der Waals surface area contributed by atoms with Crippen molar-refractivity contribution in [3.05, 3.63) is 65.0 Å². The smallest absolute Gasteiger partial charge is 0.191 e. The lowest BCUT2D eigenvalue weighted by Crippen LogP contribution is -2.40. The highest BCUT2D eigenvalue weighted by atomic mass is 28.4. The fraction of sp³-hybridized carbons (Fsp3) is 0.529. The van der Waals surface area contributed by atoms with Crippen LogP contribution in [0.3, 0.4) is 0 Å². The van der Waals surface area contributed by atoms with Gasteiger partial charge in [0.05, 0.1) is 17.2 Å². The highest BCUT2D eigenvalue weighted by Crippen LogP contribution is 2.48. The number of aryl methyl sites for hydroxylation is 3. The molecular weight excluding hydrogens is 510 g/mol. The molecule has 0 radical (unpaired) electrons. The molecule has 0 amide bonds. The Hall–Kier alpha value is -2.88. The molecule has 1 saturated carbocycles. The summed E-state index contributed by atoms with van der Waals surface area (Å²) >= 11 is 0. The monoisotopic (exact) mass is 557 g/mol. The molecule has 214 valence electrons. The number of nitrogens with zero attached hydrogens (tertiary/aromatic N) is 3. The van der Waals surface area contributed by atoms with E-state index >= 15 is 0 Å². The molecule has 4 rings (SSSR count). The van der Waals surface area contributed by atoms with Crippen LogP contribution in [-0.2, 0) is 9.84 Å². The first-order valence-corrected chi connectivity index (χ1v) is 17.8. The zero-order valence-electron chi connectivity index (χ0n) is 25.9. The molecule has 6 heteroatoms. The van der Waals surface area contributed by atoms with Crippen molar-refractivity contribution in [3.63, 3.8) is 0 Å². The van der Waals surface area contributed by atoms with E-state index in [9.17, 15) is 5.26 Å². The van der Waals surface area contributed by atoms with Gasteiger partial charge in [0.1, 0.15) is 5.76 Å². The lowest BCUT2D eigenvalue weighted by molar-refractivity contribution is 0.277. The summed E-state index contributed by atoms with van der Waals surface area (Å²) in [5.74, 6) is 0.842. The van der Waals surface area contributed by atoms with Gasteiger partial charge in [-0.2, -0.15) is 5.26 Å². The fourth-order valence-electron chi connectivity index (χ4n) is 5.16. The first-order chi connectivity index (χ1) is 18.9. The average molecular weight is 558 g/mol. The van der Waals surface area contributed by atoms with Crippen LogP contribution in [0.5, 0.6) is 0 Å². The maximum atomic E-state index is 9.68. The molecule has 0 aliphatic heterocycles. The van der Waals surface area contributed by atoms with Crippen molar-refractivity contribution in [2.45, 2.75) is 104 Å². The highest BCUT2D eigenvalue weighted by molar-refractivity contribution is 6.74. The molecule has 1 heterocycles. The van der Waals surface area contributed by atoms with Crippen LogP contribution in [0.25, 0.3) is 11.1 Å². The molecule has 2 aromatic carbocycles. The standard InChI is InChI=1S/C34H47N3O2Si/c1-25-13-14-28(32-26(2)36-39-27(32)3)23-31(25)37(30-17-15-29(16-18-30)34(24-35)19-20-34)21-11-9-10-12-22-38-40(7,8)33(4,5)6/h13-18,23H,9-12,19-22H2,1-8H3. The van der Waals surface area contributed by atoms with Crippen molar-refractivity contribution < 1.29 is 8.95 Å². The zero-order valence-corrected chi connectivity index (χ0v) is 26.9. The lowest BCUT2D eigenvalue weighted by atomic mass is 9.97. The SMILES string of the molecule is Cc1ccc(-c2c(C)noc2C)cc1N(CCCCCCO[Si](C)(C)C(C)(C)C)c1ccc(C2(C#N)CC2)cc1. The van der Waals surface area contributed by atoms with Gasteiger partial charge in [0.25, 0.3) is 0 Å². The first-order valence-electron chi connectivity index (χ1n) is 14.9. The topological polar surface area (TPSA) is 62.3 Å². The van der Waals surface area contributed by atoms with E-state index in [0.29, 0.717) is 0 Å². The lowest BCUT2D eigenvalue weighted by Gasteiger charge is -2.36. The van der Waals surface area contributed by atoms with Crippen LogP contribution in [0.4, 0.5) is 11.4 Å². The largest absolute Gasteiger partial charge is 0.417 e. The maximum Gasteiger partial charge on any atom is 0.191 e. The van der Waals surface area contributed by atoms with Gasteiger partial charge in [-0.3, -0.25) is 0 Å². The summed E-state index contributed by atoms with van der Waals surface area (Å²) in [4.78, 5) is 2.44. The minimum atomic E-state index is -1.68. The minimum absolute atomic E-state index is 0.255. The van der Waals surface area contributed by atoms with Crippen molar-refractivity contribution in [1.82, 2.24) is 5.16 Å². The van der Waals surface area contributed by atoms with Crippen molar-refractivity contribution >= 4 is 19.7 Å². The third-order valence-corrected chi connectivity index (χ3v) is 13.6. The molecular formula is C34H47N3O2Si. The van der Waals surface area contributed by atoms with Crippen molar-refractivity contribution in [1.29, 1.82) is 5.26 Å². The number of benzene rings is 2. The van der Waals surface area contributed by atoms with Gasteiger partial charge < -0.3 is 13.8 Å². The number of unbranched alkanes of at least 4 members (excludes halogenated alkanes) is 3. The van der Waals surface area contributed by atoms with Gasteiger partial charge in [0.2, 0.25) is 0 Å². The molecule has 0 unspecified atom stereocenters. The molecule has 3 aromatic rings. The van der Waals surface area contributed by atoms with Gasteiger partial charge in [0, 0.05) is 30.1 Å². The van der Waals surface area contributed by atoms with E-state index in [1.807, 2.05) is 13.8 Å². The maximum absolute atomic E-state index is 9.68. The van der Waals surface area contributed by atoms with Gasteiger partial charge >= 0.3 is 0 Å². The Morgan fingerprint density at radius 2 is 1.68 bits per heavy atom. The van der Waals surface area contributed by atoms with E-state index in [4.69, 9.17) is 8.95 Å². The van der Waals surface area contributed by atoms with E-state index in [1.54, 1.807) is 0 Å². The van der Waals surface area contributed by atoms with E-state index < -0.39 is 8.32 Å². The number of rotatable bonds is 12. The normalized spacial score (nSPS) is 14.7. The molecule has 0 atom stereocenters. The molecule has 1 aromatic heterocycles. The Morgan fingerprint density at radius 1 is 1.00 bits per heavy atom. The second-order valence-electron chi connectivity index (χ2n) is 13.1. The number of hydrogen-bond donors (Lipinski definition) is 0. The van der Waals surface area contributed by atoms with Crippen LogP contribution in [-0.4, -0.2) is 26.6 Å². The summed E-state index contributed by atoms with van der Waals surface area (Å²) in [7, 11) is -1.68. The Bertz CT molecular complexity index is 1320. The van der Waals surface area contributed by atoms with E-state index in [2.05, 4.69) is 99.4 Å². The predicted octanol–water partition coefficient (Wildman–Crippen LogP) is 9.54. The summed E-state index contributed by atoms with van der Waals surface area (Å²) < 4.78 is 11.9. The second-order valence-corrected chi connectivity index (χ2v) is 17.9. The Kier molecular flexibility index (Phi) is 8.97. The molecule has 0 saturated heterocycles. The van der Waals surface area contributed by atoms with Gasteiger partial charge in [0.15, 0.2) is 8.32 Å². The van der Waals surface area contributed by atoms with E-state index in [-0.39, 0.29) is 10.5 Å². The number of aromatic nitrogens is 1. The molecule has 5 nitrogen and oxygen atoms in total. The van der Waals surface area contributed by atoms with Gasteiger partial charge in [-0.25, -0.2) is 0 Å². The Balaban J connectivity index is 1.50. The molecule has 1 aliphatic carbocycles. The molecule has 0 N–H and O–H groups in total. The predicted molar refractivity (Wildman–Crippen MR) is 168 cm³/mol. The second kappa shape index (κ2) is 11.9. The molecule has 40 heavy (non-hydrogen) atoms. The van der Waals surface area contributed by atoms with Gasteiger partial charge in [-0.1, -0.05) is 63.0 Å². The van der Waals surface area contributed by atoms with Crippen LogP contribution < -0.4 is 4.90 Å². The van der Waals surface area contributed by atoms with Crippen LogP contribution in [0.2, 0.25) is 18.1 Å². The number of hydrogen-bond acceptors (Lipinski definition) is 5. The minimum Gasteiger partial charge on any atom is -0.417 e. The van der Waals surface area contributed by atoms with Crippen LogP contribution in [0.15, 0.2) is 47.0 Å². The fourth-order valence-corrected chi connectivity index (χ4v) is 6.25. The molecule has 1 aliphatic rings. The molecule has 0 bridgehead atoms. The summed E-state index contributed by atoms with van der Waals surface area (Å²) in [5.41, 5.74) is 7.58. The van der Waals surface area contributed by atoms with Crippen molar-refractivity contribution in [3.8, 4) is 17.2 Å². The van der Waals surface area contributed by atoms with E-state index in [0.717, 1.165) is 79.1 Å². The Labute approximate surface area is 242 Å². The first kappa shape index (κ1) is 30.1. The number of anilines is 2. The number of nitriles is 1. The molecule has 0 spiro atoms. The average Bonchev–Trinajstić information content (AvgIpc) is 3.64. The van der Waals surface area contributed by atoms with Gasteiger partial charge in [-0.15, -0.1) is 0 Å². The Morgan fingerprint density at radius 3 is 2.25 bits per heavy atom. The summed E-state index contributed by atoms with van der Waals surface area (Å²) in [6.07, 6.45) is 6.46. The van der Waals surface area contributed by atoms with Crippen LogP contribution in [0, 0.1) is 32.1 Å². The quantitative estimate of drug-likeness (QED) is 0.164. The van der Waals surface area contributed by atoms with Gasteiger partial charge in [-0.05, 0) is 99.5 Å². The molecule has 1 fully saturated rings. The van der Waals surface area contributed by atoms with Crippen LogP contribution in [0.1, 0.15) is 81.9 Å². The van der Waals surface area contributed by atoms with E-state index in [1.165, 1.54) is 17.7 Å². The highest BCUT2D eigenvalue weighted by Gasteiger charge is 2.44. The third-order valence-electron chi connectivity index (χ3n) is 9.06. The van der Waals surface area contributed by atoms with Crippen molar-refractivity contribution in [2.24, 2.45) is 0 Å². The third kappa shape index (κ3) is 6.53. The van der Waals surface area contributed by atoms with Crippen LogP contribution >= 0.6 is 0 Å². The van der Waals surface area contributed by atoms with Crippen molar-refractivity contribution in [2.75, 3.05) is 18.1 Å². The summed E-state index contributed by atoms with van der Waals surface area (Å²) in [6, 6.07) is 17.9. The zero-order chi connectivity index (χ0) is 29.1.